The van der Waals surface area contributed by atoms with Crippen LogP contribution < -0.4 is 10.9 Å². The number of hydrogen-bond donors (Lipinski definition) is 2. The Morgan fingerprint density at radius 1 is 1.04 bits per heavy atom. The fourth-order valence-corrected chi connectivity index (χ4v) is 2.35. The molecule has 6 heteroatoms. The molecule has 0 radical (unpaired) electrons. The summed E-state index contributed by atoms with van der Waals surface area (Å²) >= 11 is 0. The van der Waals surface area contributed by atoms with E-state index in [4.69, 9.17) is 4.42 Å². The van der Waals surface area contributed by atoms with Crippen LogP contribution in [0.5, 0.6) is 0 Å². The summed E-state index contributed by atoms with van der Waals surface area (Å²) in [4.78, 5) is 23.9. The van der Waals surface area contributed by atoms with Crippen molar-refractivity contribution in [2.75, 3.05) is 0 Å². The van der Waals surface area contributed by atoms with E-state index in [2.05, 4.69) is 10.9 Å². The second kappa shape index (κ2) is 7.00. The van der Waals surface area contributed by atoms with Crippen molar-refractivity contribution in [3.8, 4) is 0 Å². The lowest BCUT2D eigenvalue weighted by Gasteiger charge is -2.03. The summed E-state index contributed by atoms with van der Waals surface area (Å²) in [5.41, 5.74) is 6.54. The van der Waals surface area contributed by atoms with E-state index in [1.54, 1.807) is 13.0 Å². The Labute approximate surface area is 143 Å². The number of rotatable bonds is 3. The van der Waals surface area contributed by atoms with Crippen molar-refractivity contribution >= 4 is 28.9 Å². The third kappa shape index (κ3) is 3.74. The third-order valence-corrected chi connectivity index (χ3v) is 3.65. The minimum absolute atomic E-state index is 0.143. The maximum atomic E-state index is 12.8. The van der Waals surface area contributed by atoms with Gasteiger partial charge < -0.3 is 4.42 Å². The second-order valence-electron chi connectivity index (χ2n) is 5.38. The van der Waals surface area contributed by atoms with Gasteiger partial charge in [-0.1, -0.05) is 30.3 Å². The van der Waals surface area contributed by atoms with Crippen molar-refractivity contribution in [1.29, 1.82) is 0 Å². The largest absolute Gasteiger partial charge is 0.451 e. The van der Waals surface area contributed by atoms with Gasteiger partial charge in [-0.15, -0.1) is 0 Å². The Morgan fingerprint density at radius 3 is 2.48 bits per heavy atom. The molecule has 0 spiro atoms. The first-order valence-electron chi connectivity index (χ1n) is 7.56. The Kier molecular flexibility index (Phi) is 4.61. The van der Waals surface area contributed by atoms with Crippen LogP contribution in [0.2, 0.25) is 0 Å². The molecule has 1 heterocycles. The topological polar surface area (TPSA) is 71.3 Å². The monoisotopic (exact) mass is 338 g/mol. The van der Waals surface area contributed by atoms with Crippen LogP contribution in [0.3, 0.4) is 0 Å². The molecule has 2 N–H and O–H groups in total. The molecule has 0 unspecified atom stereocenters. The molecular weight excluding hydrogens is 323 g/mol. The maximum absolute atomic E-state index is 12.8. The molecular formula is C19H15FN2O3. The highest BCUT2D eigenvalue weighted by atomic mass is 19.1. The van der Waals surface area contributed by atoms with Gasteiger partial charge in [-0.25, -0.2) is 4.39 Å². The van der Waals surface area contributed by atoms with Crippen LogP contribution >= 0.6 is 0 Å². The SMILES string of the molecule is Cc1c(C(=O)NNC(=O)/C=C/c2ccc(F)cc2)oc2ccccc12. The number of para-hydroxylation sites is 1. The van der Waals surface area contributed by atoms with Gasteiger partial charge in [-0.3, -0.25) is 20.4 Å². The molecule has 1 aromatic heterocycles. The number of hydrogen-bond acceptors (Lipinski definition) is 3. The van der Waals surface area contributed by atoms with Crippen LogP contribution in [0.1, 0.15) is 21.7 Å². The molecule has 0 atom stereocenters. The van der Waals surface area contributed by atoms with Gasteiger partial charge in [0.1, 0.15) is 11.4 Å². The van der Waals surface area contributed by atoms with Crippen molar-refractivity contribution in [2.24, 2.45) is 0 Å². The van der Waals surface area contributed by atoms with E-state index in [-0.39, 0.29) is 11.6 Å². The molecule has 0 saturated carbocycles. The molecule has 0 fully saturated rings. The number of carbonyl (C=O) groups is 2. The van der Waals surface area contributed by atoms with E-state index < -0.39 is 11.8 Å². The molecule has 3 rings (SSSR count). The Hall–Kier alpha value is -3.41. The Bertz CT molecular complexity index is 958. The molecule has 0 saturated heterocycles. The van der Waals surface area contributed by atoms with Crippen molar-refractivity contribution in [1.82, 2.24) is 10.9 Å². The lowest BCUT2D eigenvalue weighted by atomic mass is 10.1. The quantitative estimate of drug-likeness (QED) is 0.568. The fraction of sp³-hybridized carbons (Fsp3) is 0.0526. The highest BCUT2D eigenvalue weighted by molar-refractivity contribution is 6.00. The summed E-state index contributed by atoms with van der Waals surface area (Å²) in [6, 6.07) is 13.0. The molecule has 126 valence electrons. The number of hydrazine groups is 1. The summed E-state index contributed by atoms with van der Waals surface area (Å²) in [6.45, 7) is 1.77. The van der Waals surface area contributed by atoms with Crippen LogP contribution in [-0.2, 0) is 4.79 Å². The van der Waals surface area contributed by atoms with Gasteiger partial charge in [-0.2, -0.15) is 0 Å². The summed E-state index contributed by atoms with van der Waals surface area (Å²) in [5.74, 6) is -1.28. The van der Waals surface area contributed by atoms with E-state index >= 15 is 0 Å². The fourth-order valence-electron chi connectivity index (χ4n) is 2.35. The third-order valence-electron chi connectivity index (χ3n) is 3.65. The van der Waals surface area contributed by atoms with E-state index in [1.807, 2.05) is 18.2 Å². The Morgan fingerprint density at radius 2 is 1.76 bits per heavy atom. The summed E-state index contributed by atoms with van der Waals surface area (Å²) in [5, 5.41) is 0.843. The number of halogens is 1. The van der Waals surface area contributed by atoms with Gasteiger partial charge in [-0.05, 0) is 36.8 Å². The van der Waals surface area contributed by atoms with E-state index in [1.165, 1.54) is 36.4 Å². The second-order valence-corrected chi connectivity index (χ2v) is 5.38. The molecule has 2 aromatic carbocycles. The molecule has 0 aliphatic carbocycles. The van der Waals surface area contributed by atoms with Gasteiger partial charge in [0.15, 0.2) is 5.76 Å². The van der Waals surface area contributed by atoms with Crippen molar-refractivity contribution in [3.63, 3.8) is 0 Å². The highest BCUT2D eigenvalue weighted by Crippen LogP contribution is 2.24. The number of fused-ring (bicyclic) bond motifs is 1. The van der Waals surface area contributed by atoms with E-state index in [0.717, 1.165) is 5.39 Å². The highest BCUT2D eigenvalue weighted by Gasteiger charge is 2.17. The molecule has 0 bridgehead atoms. The molecule has 0 aliphatic rings. The van der Waals surface area contributed by atoms with Crippen LogP contribution in [0.4, 0.5) is 4.39 Å². The number of benzene rings is 2. The number of furan rings is 1. The maximum Gasteiger partial charge on any atom is 0.305 e. The van der Waals surface area contributed by atoms with Gasteiger partial charge in [0.25, 0.3) is 5.91 Å². The van der Waals surface area contributed by atoms with Crippen LogP contribution in [0.25, 0.3) is 17.0 Å². The van der Waals surface area contributed by atoms with Crippen molar-refractivity contribution < 1.29 is 18.4 Å². The minimum Gasteiger partial charge on any atom is -0.451 e. The smallest absolute Gasteiger partial charge is 0.305 e. The predicted octanol–water partition coefficient (Wildman–Crippen LogP) is 3.35. The summed E-state index contributed by atoms with van der Waals surface area (Å²) in [6.07, 6.45) is 2.74. The average molecular weight is 338 g/mol. The first-order chi connectivity index (χ1) is 12.0. The first-order valence-corrected chi connectivity index (χ1v) is 7.56. The van der Waals surface area contributed by atoms with E-state index in [9.17, 15) is 14.0 Å². The normalized spacial score (nSPS) is 11.0. The van der Waals surface area contributed by atoms with Gasteiger partial charge in [0.2, 0.25) is 0 Å². The summed E-state index contributed by atoms with van der Waals surface area (Å²) in [7, 11) is 0. The predicted molar refractivity (Wildman–Crippen MR) is 92.0 cm³/mol. The van der Waals surface area contributed by atoms with Crippen molar-refractivity contribution in [2.45, 2.75) is 6.92 Å². The molecule has 5 nitrogen and oxygen atoms in total. The van der Waals surface area contributed by atoms with Crippen LogP contribution in [0.15, 0.2) is 59.0 Å². The summed E-state index contributed by atoms with van der Waals surface area (Å²) < 4.78 is 18.3. The molecule has 2 amide bonds. The average Bonchev–Trinajstić information content (AvgIpc) is 2.96. The number of amides is 2. The standard InChI is InChI=1S/C19H15FN2O3/c1-12-15-4-2-3-5-16(15)25-18(12)19(24)22-21-17(23)11-8-13-6-9-14(20)10-7-13/h2-11H,1H3,(H,21,23)(H,22,24)/b11-8+. The number of aryl methyl sites for hydroxylation is 1. The molecule has 3 aromatic rings. The molecule has 25 heavy (non-hydrogen) atoms. The lowest BCUT2D eigenvalue weighted by molar-refractivity contribution is -0.117. The zero-order chi connectivity index (χ0) is 17.8. The zero-order valence-electron chi connectivity index (χ0n) is 13.4. The first kappa shape index (κ1) is 16.4. The minimum atomic E-state index is -0.544. The molecule has 0 aliphatic heterocycles. The van der Waals surface area contributed by atoms with Gasteiger partial charge in [0, 0.05) is 17.0 Å². The number of carbonyl (C=O) groups excluding carboxylic acids is 2. The van der Waals surface area contributed by atoms with Crippen LogP contribution in [-0.4, -0.2) is 11.8 Å². The van der Waals surface area contributed by atoms with Crippen molar-refractivity contribution in [3.05, 3.63) is 77.3 Å². The lowest BCUT2D eigenvalue weighted by Crippen LogP contribution is -2.40. The zero-order valence-corrected chi connectivity index (χ0v) is 13.4. The van der Waals surface area contributed by atoms with Gasteiger partial charge >= 0.3 is 5.91 Å². The van der Waals surface area contributed by atoms with Gasteiger partial charge in [0.05, 0.1) is 0 Å². The number of nitrogens with one attached hydrogen (secondary N) is 2. The van der Waals surface area contributed by atoms with Crippen LogP contribution in [0, 0.1) is 12.7 Å². The van der Waals surface area contributed by atoms with E-state index in [0.29, 0.717) is 16.7 Å². The Balaban J connectivity index is 1.62.